The number of aryl methyl sites for hydroxylation is 1. The summed E-state index contributed by atoms with van der Waals surface area (Å²) in [6, 6.07) is 3.97. The average molecular weight is 246 g/mol. The van der Waals surface area contributed by atoms with Crippen LogP contribution in [0.25, 0.3) is 5.65 Å². The molecule has 0 spiro atoms. The zero-order valence-corrected chi connectivity index (χ0v) is 10.8. The Morgan fingerprint density at radius 1 is 1.61 bits per heavy atom. The molecule has 0 radical (unpaired) electrons. The number of pyridine rings is 1. The topological polar surface area (TPSA) is 51.5 Å². The maximum Gasteiger partial charge on any atom is 0.243 e. The summed E-state index contributed by atoms with van der Waals surface area (Å²) in [6.07, 6.45) is 3.72. The van der Waals surface area contributed by atoms with Crippen molar-refractivity contribution in [2.24, 2.45) is 0 Å². The smallest absolute Gasteiger partial charge is 0.243 e. The number of fused-ring (bicyclic) bond motifs is 1. The molecule has 0 amide bonds. The molecule has 1 atom stereocenters. The average Bonchev–Trinajstić information content (AvgIpc) is 2.78. The van der Waals surface area contributed by atoms with Gasteiger partial charge in [-0.05, 0) is 25.5 Å². The Balaban J connectivity index is 2.00. The van der Waals surface area contributed by atoms with Crippen LogP contribution in [0.2, 0.25) is 0 Å². The molecule has 0 saturated heterocycles. The molecular formula is C13H18N4O. The highest BCUT2D eigenvalue weighted by atomic mass is 16.5. The predicted molar refractivity (Wildman–Crippen MR) is 71.8 cm³/mol. The van der Waals surface area contributed by atoms with E-state index < -0.39 is 0 Å². The molecule has 0 saturated carbocycles. The van der Waals surface area contributed by atoms with Gasteiger partial charge in [-0.2, -0.15) is 4.98 Å². The second kappa shape index (κ2) is 5.64. The highest BCUT2D eigenvalue weighted by Crippen LogP contribution is 2.09. The third-order valence-electron chi connectivity index (χ3n) is 2.60. The zero-order chi connectivity index (χ0) is 13.0. The quantitative estimate of drug-likeness (QED) is 0.792. The Kier molecular flexibility index (Phi) is 3.94. The van der Waals surface area contributed by atoms with Crippen molar-refractivity contribution in [1.82, 2.24) is 14.6 Å². The van der Waals surface area contributed by atoms with Crippen LogP contribution in [0.1, 0.15) is 12.5 Å². The van der Waals surface area contributed by atoms with Gasteiger partial charge in [0.1, 0.15) is 0 Å². The molecule has 96 valence electrons. The van der Waals surface area contributed by atoms with E-state index >= 15 is 0 Å². The third kappa shape index (κ3) is 2.87. The van der Waals surface area contributed by atoms with Crippen molar-refractivity contribution in [3.8, 4) is 0 Å². The second-order valence-electron chi connectivity index (χ2n) is 4.21. The Bertz CT molecular complexity index is 535. The highest BCUT2D eigenvalue weighted by Gasteiger charge is 2.06. The van der Waals surface area contributed by atoms with E-state index in [2.05, 4.69) is 22.0 Å². The SMILES string of the molecule is C=CCOC(C)CNc1nc2c(C)cccn2n1. The summed E-state index contributed by atoms with van der Waals surface area (Å²) in [5.41, 5.74) is 1.98. The molecule has 0 aliphatic heterocycles. The van der Waals surface area contributed by atoms with Gasteiger partial charge in [-0.15, -0.1) is 11.7 Å². The minimum absolute atomic E-state index is 0.0932. The fraction of sp³-hybridized carbons (Fsp3) is 0.385. The summed E-state index contributed by atoms with van der Waals surface area (Å²) >= 11 is 0. The molecular weight excluding hydrogens is 228 g/mol. The van der Waals surface area contributed by atoms with Gasteiger partial charge in [0, 0.05) is 12.7 Å². The monoisotopic (exact) mass is 246 g/mol. The third-order valence-corrected chi connectivity index (χ3v) is 2.60. The summed E-state index contributed by atoms with van der Waals surface area (Å²) in [5.74, 6) is 0.623. The number of aromatic nitrogens is 3. The Labute approximate surface area is 106 Å². The van der Waals surface area contributed by atoms with Crippen LogP contribution < -0.4 is 5.32 Å². The van der Waals surface area contributed by atoms with Crippen molar-refractivity contribution in [3.05, 3.63) is 36.5 Å². The molecule has 2 rings (SSSR count). The largest absolute Gasteiger partial charge is 0.373 e. The van der Waals surface area contributed by atoms with Gasteiger partial charge in [0.05, 0.1) is 12.7 Å². The summed E-state index contributed by atoms with van der Waals surface area (Å²) in [5, 5.41) is 7.51. The van der Waals surface area contributed by atoms with Crippen LogP contribution in [-0.2, 0) is 4.74 Å². The number of rotatable bonds is 6. The van der Waals surface area contributed by atoms with E-state index in [4.69, 9.17) is 4.74 Å². The molecule has 2 heterocycles. The minimum Gasteiger partial charge on any atom is -0.373 e. The Morgan fingerprint density at radius 3 is 3.17 bits per heavy atom. The Morgan fingerprint density at radius 2 is 2.44 bits per heavy atom. The number of hydrogen-bond acceptors (Lipinski definition) is 4. The van der Waals surface area contributed by atoms with Crippen LogP contribution in [-0.4, -0.2) is 33.9 Å². The van der Waals surface area contributed by atoms with Crippen molar-refractivity contribution in [3.63, 3.8) is 0 Å². The van der Waals surface area contributed by atoms with Crippen molar-refractivity contribution < 1.29 is 4.74 Å². The number of nitrogens with zero attached hydrogens (tertiary/aromatic N) is 3. The molecule has 5 heteroatoms. The lowest BCUT2D eigenvalue weighted by molar-refractivity contribution is 0.0978. The first kappa shape index (κ1) is 12.6. The molecule has 0 aliphatic rings. The molecule has 5 nitrogen and oxygen atoms in total. The van der Waals surface area contributed by atoms with E-state index in [0.717, 1.165) is 11.2 Å². The Hall–Kier alpha value is -1.88. The molecule has 18 heavy (non-hydrogen) atoms. The molecule has 2 aromatic heterocycles. The van der Waals surface area contributed by atoms with Gasteiger partial charge in [0.25, 0.3) is 0 Å². The highest BCUT2D eigenvalue weighted by molar-refractivity contribution is 5.49. The van der Waals surface area contributed by atoms with E-state index in [1.165, 1.54) is 0 Å². The van der Waals surface area contributed by atoms with Crippen LogP contribution in [0.15, 0.2) is 31.0 Å². The standard InChI is InChI=1S/C13H18N4O/c1-4-8-18-11(3)9-14-13-15-12-10(2)6-5-7-17(12)16-13/h4-7,11H,1,8-9H2,2-3H3,(H,14,16). The van der Waals surface area contributed by atoms with Gasteiger partial charge in [-0.3, -0.25) is 0 Å². The first-order valence-electron chi connectivity index (χ1n) is 5.99. The minimum atomic E-state index is 0.0932. The lowest BCUT2D eigenvalue weighted by Gasteiger charge is -2.11. The van der Waals surface area contributed by atoms with Gasteiger partial charge in [-0.1, -0.05) is 12.1 Å². The fourth-order valence-corrected chi connectivity index (χ4v) is 1.64. The van der Waals surface area contributed by atoms with Crippen LogP contribution in [0.5, 0.6) is 0 Å². The second-order valence-corrected chi connectivity index (χ2v) is 4.21. The van der Waals surface area contributed by atoms with Gasteiger partial charge < -0.3 is 10.1 Å². The van der Waals surface area contributed by atoms with Gasteiger partial charge in [-0.25, -0.2) is 4.52 Å². The van der Waals surface area contributed by atoms with Gasteiger partial charge in [0.15, 0.2) is 5.65 Å². The lowest BCUT2D eigenvalue weighted by atomic mass is 10.3. The van der Waals surface area contributed by atoms with Gasteiger partial charge in [0.2, 0.25) is 5.95 Å². The molecule has 1 unspecified atom stereocenters. The number of ether oxygens (including phenoxy) is 1. The predicted octanol–water partition coefficient (Wildman–Crippen LogP) is 2.04. The summed E-state index contributed by atoms with van der Waals surface area (Å²) in [6.45, 7) is 8.86. The summed E-state index contributed by atoms with van der Waals surface area (Å²) in [4.78, 5) is 4.43. The molecule has 0 bridgehead atoms. The van der Waals surface area contributed by atoms with Crippen molar-refractivity contribution in [1.29, 1.82) is 0 Å². The molecule has 0 fully saturated rings. The fourth-order valence-electron chi connectivity index (χ4n) is 1.64. The van der Waals surface area contributed by atoms with Crippen LogP contribution >= 0.6 is 0 Å². The number of hydrogen-bond donors (Lipinski definition) is 1. The van der Waals surface area contributed by atoms with E-state index in [-0.39, 0.29) is 6.10 Å². The molecule has 1 N–H and O–H groups in total. The van der Waals surface area contributed by atoms with Crippen LogP contribution in [0.4, 0.5) is 5.95 Å². The first-order valence-corrected chi connectivity index (χ1v) is 5.99. The normalized spacial score (nSPS) is 12.6. The first-order chi connectivity index (χ1) is 8.70. The van der Waals surface area contributed by atoms with E-state index in [0.29, 0.717) is 19.1 Å². The van der Waals surface area contributed by atoms with Crippen LogP contribution in [0.3, 0.4) is 0 Å². The lowest BCUT2D eigenvalue weighted by Crippen LogP contribution is -2.20. The number of nitrogens with one attached hydrogen (secondary N) is 1. The van der Waals surface area contributed by atoms with E-state index in [1.807, 2.05) is 32.2 Å². The maximum atomic E-state index is 5.47. The summed E-state index contributed by atoms with van der Waals surface area (Å²) < 4.78 is 7.24. The molecule has 2 aromatic rings. The molecule has 0 aromatic carbocycles. The van der Waals surface area contributed by atoms with Crippen LogP contribution in [0, 0.1) is 6.92 Å². The van der Waals surface area contributed by atoms with E-state index in [9.17, 15) is 0 Å². The van der Waals surface area contributed by atoms with Gasteiger partial charge >= 0.3 is 0 Å². The molecule has 0 aliphatic carbocycles. The zero-order valence-electron chi connectivity index (χ0n) is 10.8. The number of anilines is 1. The maximum absolute atomic E-state index is 5.47. The van der Waals surface area contributed by atoms with E-state index in [1.54, 1.807) is 10.6 Å². The van der Waals surface area contributed by atoms with Crippen molar-refractivity contribution in [2.45, 2.75) is 20.0 Å². The summed E-state index contributed by atoms with van der Waals surface area (Å²) in [7, 11) is 0. The van der Waals surface area contributed by atoms with Crippen molar-refractivity contribution in [2.75, 3.05) is 18.5 Å². The van der Waals surface area contributed by atoms with Crippen molar-refractivity contribution >= 4 is 11.6 Å².